The molecule has 0 amide bonds. The Kier molecular flexibility index (Phi) is 3.01. The zero-order valence-electron chi connectivity index (χ0n) is 9.97. The number of nitrogen functional groups attached to an aromatic ring is 1. The summed E-state index contributed by atoms with van der Waals surface area (Å²) >= 11 is 0. The molecule has 2 rings (SSSR count). The number of sulfonamides is 1. The first-order valence-electron chi connectivity index (χ1n) is 5.50. The van der Waals surface area contributed by atoms with E-state index < -0.39 is 10.0 Å². The first-order valence-corrected chi connectivity index (χ1v) is 6.94. The highest BCUT2D eigenvalue weighted by Crippen LogP contribution is 2.32. The van der Waals surface area contributed by atoms with Gasteiger partial charge in [0.25, 0.3) is 0 Å². The number of nitrogens with one attached hydrogen (secondary N) is 1. The zero-order valence-corrected chi connectivity index (χ0v) is 10.8. The molecule has 5 nitrogen and oxygen atoms in total. The summed E-state index contributed by atoms with van der Waals surface area (Å²) in [4.78, 5) is 0.160. The predicted molar refractivity (Wildman–Crippen MR) is 68.4 cm³/mol. The van der Waals surface area contributed by atoms with E-state index in [9.17, 15) is 8.42 Å². The third-order valence-corrected chi connectivity index (χ3v) is 4.63. The molecule has 0 radical (unpaired) electrons. The number of rotatable bonds is 4. The molecular formula is C11H17N3O2S. The van der Waals surface area contributed by atoms with Crippen LogP contribution in [0.4, 0.5) is 11.4 Å². The molecule has 0 aliphatic heterocycles. The second kappa shape index (κ2) is 4.19. The Labute approximate surface area is 102 Å². The number of hydrogen-bond donors (Lipinski definition) is 2. The standard InChI is InChI=1S/C11H17N3O2S/c1-14(2)17(15,16)10-5-3-4-9(11(10)12)13-8-6-7-8/h3-5,8,13H,6-7,12H2,1-2H3. The Morgan fingerprint density at radius 2 is 2.00 bits per heavy atom. The van der Waals surface area contributed by atoms with Crippen LogP contribution in [0.3, 0.4) is 0 Å². The van der Waals surface area contributed by atoms with Gasteiger partial charge in [-0.1, -0.05) is 6.07 Å². The van der Waals surface area contributed by atoms with Gasteiger partial charge in [0.15, 0.2) is 0 Å². The molecule has 1 aromatic rings. The third-order valence-electron chi connectivity index (χ3n) is 2.76. The average Bonchev–Trinajstić information content (AvgIpc) is 3.04. The molecule has 0 unspecified atom stereocenters. The van der Waals surface area contributed by atoms with Gasteiger partial charge in [-0.05, 0) is 25.0 Å². The van der Waals surface area contributed by atoms with Crippen molar-refractivity contribution in [3.63, 3.8) is 0 Å². The molecule has 17 heavy (non-hydrogen) atoms. The summed E-state index contributed by atoms with van der Waals surface area (Å²) in [5, 5.41) is 3.23. The minimum Gasteiger partial charge on any atom is -0.396 e. The zero-order chi connectivity index (χ0) is 12.6. The Morgan fingerprint density at radius 1 is 1.35 bits per heavy atom. The van der Waals surface area contributed by atoms with Crippen LogP contribution < -0.4 is 11.1 Å². The highest BCUT2D eigenvalue weighted by Gasteiger charge is 2.25. The molecule has 0 aromatic heterocycles. The van der Waals surface area contributed by atoms with Crippen molar-refractivity contribution in [1.29, 1.82) is 0 Å². The maximum atomic E-state index is 12.0. The molecule has 0 bridgehead atoms. The van der Waals surface area contributed by atoms with Crippen LogP contribution in [0.1, 0.15) is 12.8 Å². The van der Waals surface area contributed by atoms with Gasteiger partial charge in [0.2, 0.25) is 10.0 Å². The lowest BCUT2D eigenvalue weighted by Crippen LogP contribution is -2.23. The van der Waals surface area contributed by atoms with Crippen molar-refractivity contribution in [1.82, 2.24) is 4.31 Å². The SMILES string of the molecule is CN(C)S(=O)(=O)c1cccc(NC2CC2)c1N. The van der Waals surface area contributed by atoms with Gasteiger partial charge in [0.1, 0.15) is 4.90 Å². The van der Waals surface area contributed by atoms with E-state index >= 15 is 0 Å². The number of para-hydroxylation sites is 1. The third kappa shape index (κ3) is 2.37. The largest absolute Gasteiger partial charge is 0.396 e. The lowest BCUT2D eigenvalue weighted by atomic mass is 10.2. The summed E-state index contributed by atoms with van der Waals surface area (Å²) in [5.74, 6) is 0. The molecule has 0 atom stereocenters. The van der Waals surface area contributed by atoms with Crippen molar-refractivity contribution >= 4 is 21.4 Å². The van der Waals surface area contributed by atoms with Crippen LogP contribution in [-0.4, -0.2) is 32.9 Å². The molecule has 1 aliphatic carbocycles. The van der Waals surface area contributed by atoms with E-state index in [1.807, 2.05) is 6.07 Å². The van der Waals surface area contributed by atoms with E-state index in [0.29, 0.717) is 17.4 Å². The molecule has 1 aromatic carbocycles. The number of hydrogen-bond acceptors (Lipinski definition) is 4. The van der Waals surface area contributed by atoms with Gasteiger partial charge in [0, 0.05) is 20.1 Å². The van der Waals surface area contributed by atoms with Crippen molar-refractivity contribution in [3.05, 3.63) is 18.2 Å². The molecule has 6 heteroatoms. The molecule has 1 fully saturated rings. The second-order valence-corrected chi connectivity index (χ2v) is 6.54. The maximum absolute atomic E-state index is 12.0. The molecule has 0 heterocycles. The maximum Gasteiger partial charge on any atom is 0.244 e. The molecule has 0 saturated heterocycles. The topological polar surface area (TPSA) is 75.4 Å². The van der Waals surface area contributed by atoms with Crippen molar-refractivity contribution < 1.29 is 8.42 Å². The minimum atomic E-state index is -3.48. The quantitative estimate of drug-likeness (QED) is 0.790. The van der Waals surface area contributed by atoms with E-state index in [-0.39, 0.29) is 4.90 Å². The fourth-order valence-corrected chi connectivity index (χ4v) is 2.57. The summed E-state index contributed by atoms with van der Waals surface area (Å²) in [6, 6.07) is 5.48. The number of anilines is 2. The molecule has 1 saturated carbocycles. The van der Waals surface area contributed by atoms with E-state index in [1.165, 1.54) is 24.5 Å². The van der Waals surface area contributed by atoms with Gasteiger partial charge in [-0.2, -0.15) is 0 Å². The number of nitrogens with two attached hydrogens (primary N) is 1. The first-order chi connectivity index (χ1) is 7.93. The van der Waals surface area contributed by atoms with Crippen molar-refractivity contribution in [2.45, 2.75) is 23.8 Å². The number of nitrogens with zero attached hydrogens (tertiary/aromatic N) is 1. The predicted octanol–water partition coefficient (Wildman–Crippen LogP) is 1.09. The molecule has 94 valence electrons. The summed E-state index contributed by atoms with van der Waals surface area (Å²) in [6.45, 7) is 0. The minimum absolute atomic E-state index is 0.160. The molecule has 1 aliphatic rings. The van der Waals surface area contributed by atoms with Gasteiger partial charge in [-0.25, -0.2) is 12.7 Å². The smallest absolute Gasteiger partial charge is 0.244 e. The van der Waals surface area contributed by atoms with Gasteiger partial charge < -0.3 is 11.1 Å². The van der Waals surface area contributed by atoms with Gasteiger partial charge in [-0.15, -0.1) is 0 Å². The van der Waals surface area contributed by atoms with E-state index in [2.05, 4.69) is 5.32 Å². The van der Waals surface area contributed by atoms with Crippen molar-refractivity contribution in [3.8, 4) is 0 Å². The van der Waals surface area contributed by atoms with Crippen LogP contribution in [0.2, 0.25) is 0 Å². The normalized spacial score (nSPS) is 16.2. The number of benzene rings is 1. The lowest BCUT2D eigenvalue weighted by Gasteiger charge is -2.16. The van der Waals surface area contributed by atoms with E-state index in [0.717, 1.165) is 12.8 Å². The fraction of sp³-hybridized carbons (Fsp3) is 0.455. The lowest BCUT2D eigenvalue weighted by molar-refractivity contribution is 0.521. The van der Waals surface area contributed by atoms with Crippen LogP contribution in [0, 0.1) is 0 Å². The molecule has 0 spiro atoms. The van der Waals surface area contributed by atoms with Crippen LogP contribution in [0.25, 0.3) is 0 Å². The van der Waals surface area contributed by atoms with Crippen LogP contribution >= 0.6 is 0 Å². The average molecular weight is 255 g/mol. The van der Waals surface area contributed by atoms with E-state index in [1.54, 1.807) is 6.07 Å². The fourth-order valence-electron chi connectivity index (χ4n) is 1.54. The summed E-state index contributed by atoms with van der Waals surface area (Å²) < 4.78 is 25.2. The first kappa shape index (κ1) is 12.2. The van der Waals surface area contributed by atoms with Crippen molar-refractivity contribution in [2.75, 3.05) is 25.1 Å². The van der Waals surface area contributed by atoms with Crippen LogP contribution in [0.5, 0.6) is 0 Å². The van der Waals surface area contributed by atoms with E-state index in [4.69, 9.17) is 5.73 Å². The second-order valence-electron chi connectivity index (χ2n) is 4.42. The Morgan fingerprint density at radius 3 is 2.53 bits per heavy atom. The Hall–Kier alpha value is -1.27. The highest BCUT2D eigenvalue weighted by atomic mass is 32.2. The highest BCUT2D eigenvalue weighted by molar-refractivity contribution is 7.89. The summed E-state index contributed by atoms with van der Waals surface area (Å²) in [5.41, 5.74) is 6.92. The summed E-state index contributed by atoms with van der Waals surface area (Å²) in [6.07, 6.45) is 2.23. The van der Waals surface area contributed by atoms with Crippen molar-refractivity contribution in [2.24, 2.45) is 0 Å². The van der Waals surface area contributed by atoms with Gasteiger partial charge in [0.05, 0.1) is 11.4 Å². The van der Waals surface area contributed by atoms with Crippen LogP contribution in [0.15, 0.2) is 23.1 Å². The summed E-state index contributed by atoms with van der Waals surface area (Å²) in [7, 11) is -0.486. The molecular weight excluding hydrogens is 238 g/mol. The monoisotopic (exact) mass is 255 g/mol. The van der Waals surface area contributed by atoms with Gasteiger partial charge in [-0.3, -0.25) is 0 Å². The Balaban J connectivity index is 2.41. The Bertz CT molecular complexity index is 522. The van der Waals surface area contributed by atoms with Gasteiger partial charge >= 0.3 is 0 Å². The van der Waals surface area contributed by atoms with Crippen LogP contribution in [-0.2, 0) is 10.0 Å². The molecule has 3 N–H and O–H groups in total.